The molecular weight excluding hydrogens is 348 g/mol. The molecule has 138 valence electrons. The Balaban J connectivity index is 1.75. The summed E-state index contributed by atoms with van der Waals surface area (Å²) in [6.45, 7) is 4.76. The molecule has 0 saturated carbocycles. The number of benzene rings is 2. The highest BCUT2D eigenvalue weighted by Crippen LogP contribution is 2.21. The number of nitrogens with one attached hydrogen (secondary N) is 1. The molecule has 6 heteroatoms. The van der Waals surface area contributed by atoms with E-state index in [1.165, 1.54) is 12.1 Å². The maximum Gasteiger partial charge on any atom is 0.261 e. The van der Waals surface area contributed by atoms with Gasteiger partial charge in [-0.05, 0) is 69.5 Å². The van der Waals surface area contributed by atoms with Gasteiger partial charge in [0.05, 0.1) is 4.90 Å². The second kappa shape index (κ2) is 7.50. The van der Waals surface area contributed by atoms with Crippen molar-refractivity contribution in [3.8, 4) is 0 Å². The molecule has 1 heterocycles. The second-order valence-electron chi connectivity index (χ2n) is 6.84. The fourth-order valence-corrected chi connectivity index (χ4v) is 4.24. The lowest BCUT2D eigenvalue weighted by Crippen LogP contribution is -2.42. The van der Waals surface area contributed by atoms with Crippen LogP contribution in [0.2, 0.25) is 0 Å². The van der Waals surface area contributed by atoms with Crippen molar-refractivity contribution in [2.75, 3.05) is 11.3 Å². The van der Waals surface area contributed by atoms with E-state index in [4.69, 9.17) is 0 Å². The first-order valence-corrected chi connectivity index (χ1v) is 10.4. The van der Waals surface area contributed by atoms with E-state index in [2.05, 4.69) is 11.6 Å². The Morgan fingerprint density at radius 2 is 1.69 bits per heavy atom. The Kier molecular flexibility index (Phi) is 5.32. The largest absolute Gasteiger partial charge is 0.336 e. The van der Waals surface area contributed by atoms with E-state index in [9.17, 15) is 13.2 Å². The van der Waals surface area contributed by atoms with Crippen LogP contribution >= 0.6 is 0 Å². The Labute approximate surface area is 155 Å². The molecule has 1 N–H and O–H groups in total. The van der Waals surface area contributed by atoms with Crippen LogP contribution in [0, 0.1) is 6.92 Å². The molecular formula is C20H24N2O3S. The molecule has 1 unspecified atom stereocenters. The van der Waals surface area contributed by atoms with E-state index in [-0.39, 0.29) is 16.8 Å². The third-order valence-corrected chi connectivity index (χ3v) is 6.18. The zero-order valence-electron chi connectivity index (χ0n) is 15.1. The van der Waals surface area contributed by atoms with Gasteiger partial charge in [-0.15, -0.1) is 0 Å². The van der Waals surface area contributed by atoms with Gasteiger partial charge in [-0.3, -0.25) is 9.52 Å². The monoisotopic (exact) mass is 372 g/mol. The number of hydrogen-bond donors (Lipinski definition) is 1. The number of hydrogen-bond acceptors (Lipinski definition) is 3. The molecule has 3 rings (SSSR count). The molecule has 1 saturated heterocycles. The van der Waals surface area contributed by atoms with Gasteiger partial charge in [0.25, 0.3) is 15.9 Å². The smallest absolute Gasteiger partial charge is 0.261 e. The van der Waals surface area contributed by atoms with E-state index >= 15 is 0 Å². The SMILES string of the molecule is Cc1ccc(NS(=O)(=O)c2ccc(C(=O)N3CCCCC3C)cc2)cc1. The average Bonchev–Trinajstić information content (AvgIpc) is 2.63. The molecule has 2 aromatic carbocycles. The van der Waals surface area contributed by atoms with Crippen LogP contribution in [0.5, 0.6) is 0 Å². The van der Waals surface area contributed by atoms with E-state index in [1.807, 2.05) is 24.0 Å². The van der Waals surface area contributed by atoms with Crippen molar-refractivity contribution in [3.05, 3.63) is 59.7 Å². The predicted molar refractivity (Wildman–Crippen MR) is 103 cm³/mol. The fourth-order valence-electron chi connectivity index (χ4n) is 3.18. The van der Waals surface area contributed by atoms with Crippen LogP contribution in [0.1, 0.15) is 42.1 Å². The highest BCUT2D eigenvalue weighted by molar-refractivity contribution is 7.92. The standard InChI is InChI=1S/C20H24N2O3S/c1-15-6-10-18(11-7-15)21-26(24,25)19-12-8-17(9-13-19)20(23)22-14-4-3-5-16(22)2/h6-13,16,21H,3-5,14H2,1-2H3. The van der Waals surface area contributed by atoms with Crippen molar-refractivity contribution >= 4 is 21.6 Å². The fraction of sp³-hybridized carbons (Fsp3) is 0.350. The molecule has 0 aliphatic carbocycles. The summed E-state index contributed by atoms with van der Waals surface area (Å²) in [4.78, 5) is 14.7. The van der Waals surface area contributed by atoms with E-state index in [0.29, 0.717) is 11.3 Å². The van der Waals surface area contributed by atoms with Gasteiger partial charge in [0.1, 0.15) is 0 Å². The third-order valence-electron chi connectivity index (χ3n) is 4.78. The lowest BCUT2D eigenvalue weighted by atomic mass is 10.0. The Morgan fingerprint density at radius 1 is 1.04 bits per heavy atom. The molecule has 0 radical (unpaired) electrons. The second-order valence-corrected chi connectivity index (χ2v) is 8.52. The maximum absolute atomic E-state index is 12.7. The molecule has 1 amide bonds. The number of amides is 1. The molecule has 1 aliphatic heterocycles. The van der Waals surface area contributed by atoms with Gasteiger partial charge >= 0.3 is 0 Å². The van der Waals surface area contributed by atoms with Gasteiger partial charge in [0.2, 0.25) is 0 Å². The molecule has 1 aliphatic rings. The van der Waals surface area contributed by atoms with Gasteiger partial charge in [0, 0.05) is 23.8 Å². The Morgan fingerprint density at radius 3 is 2.31 bits per heavy atom. The minimum absolute atomic E-state index is 0.0346. The van der Waals surface area contributed by atoms with Crippen molar-refractivity contribution in [3.63, 3.8) is 0 Å². The quantitative estimate of drug-likeness (QED) is 0.887. The van der Waals surface area contributed by atoms with E-state index < -0.39 is 10.0 Å². The highest BCUT2D eigenvalue weighted by atomic mass is 32.2. The maximum atomic E-state index is 12.7. The first-order valence-electron chi connectivity index (χ1n) is 8.87. The number of rotatable bonds is 4. The van der Waals surface area contributed by atoms with Crippen molar-refractivity contribution < 1.29 is 13.2 Å². The molecule has 0 aromatic heterocycles. The summed E-state index contributed by atoms with van der Waals surface area (Å²) < 4.78 is 27.6. The molecule has 2 aromatic rings. The van der Waals surface area contributed by atoms with Crippen LogP contribution in [-0.4, -0.2) is 31.8 Å². The summed E-state index contributed by atoms with van der Waals surface area (Å²) >= 11 is 0. The number of likely N-dealkylation sites (tertiary alicyclic amines) is 1. The molecule has 0 bridgehead atoms. The van der Waals surface area contributed by atoms with Crippen molar-refractivity contribution in [2.24, 2.45) is 0 Å². The number of nitrogens with zero attached hydrogens (tertiary/aromatic N) is 1. The lowest BCUT2D eigenvalue weighted by Gasteiger charge is -2.33. The van der Waals surface area contributed by atoms with Crippen molar-refractivity contribution in [1.82, 2.24) is 4.90 Å². The molecule has 26 heavy (non-hydrogen) atoms. The molecule has 0 spiro atoms. The highest BCUT2D eigenvalue weighted by Gasteiger charge is 2.24. The zero-order chi connectivity index (χ0) is 18.7. The number of piperidine rings is 1. The van der Waals surface area contributed by atoms with Crippen LogP contribution in [0.4, 0.5) is 5.69 Å². The summed E-state index contributed by atoms with van der Waals surface area (Å²) in [5.74, 6) is -0.0346. The third kappa shape index (κ3) is 4.07. The summed E-state index contributed by atoms with van der Waals surface area (Å²) in [7, 11) is -3.68. The number of carbonyl (C=O) groups excluding carboxylic acids is 1. The van der Waals surface area contributed by atoms with Gasteiger partial charge in [-0.25, -0.2) is 8.42 Å². The normalized spacial score (nSPS) is 17.8. The predicted octanol–water partition coefficient (Wildman–Crippen LogP) is 3.81. The van der Waals surface area contributed by atoms with Gasteiger partial charge in [-0.1, -0.05) is 17.7 Å². The van der Waals surface area contributed by atoms with Crippen LogP contribution in [0.25, 0.3) is 0 Å². The lowest BCUT2D eigenvalue weighted by molar-refractivity contribution is 0.0635. The minimum Gasteiger partial charge on any atom is -0.336 e. The molecule has 1 atom stereocenters. The first-order chi connectivity index (χ1) is 12.4. The van der Waals surface area contributed by atoms with Crippen LogP contribution in [0.3, 0.4) is 0 Å². The number of aryl methyl sites for hydroxylation is 1. The van der Waals surface area contributed by atoms with Crippen molar-refractivity contribution in [1.29, 1.82) is 0 Å². The topological polar surface area (TPSA) is 66.5 Å². The summed E-state index contributed by atoms with van der Waals surface area (Å²) in [6, 6.07) is 13.5. The van der Waals surface area contributed by atoms with Gasteiger partial charge in [0.15, 0.2) is 0 Å². The van der Waals surface area contributed by atoms with Gasteiger partial charge < -0.3 is 4.90 Å². The number of sulfonamides is 1. The summed E-state index contributed by atoms with van der Waals surface area (Å²) in [5, 5.41) is 0. The van der Waals surface area contributed by atoms with E-state index in [0.717, 1.165) is 31.4 Å². The van der Waals surface area contributed by atoms with Crippen LogP contribution in [0.15, 0.2) is 53.4 Å². The summed E-state index contributed by atoms with van der Waals surface area (Å²) in [5.41, 5.74) is 2.09. The van der Waals surface area contributed by atoms with Crippen LogP contribution in [-0.2, 0) is 10.0 Å². The average molecular weight is 372 g/mol. The first kappa shape index (κ1) is 18.5. The Hall–Kier alpha value is -2.34. The zero-order valence-corrected chi connectivity index (χ0v) is 15.9. The Bertz CT molecular complexity index is 874. The number of anilines is 1. The number of carbonyl (C=O) groups is 1. The van der Waals surface area contributed by atoms with E-state index in [1.54, 1.807) is 24.3 Å². The van der Waals surface area contributed by atoms with Crippen molar-refractivity contribution in [2.45, 2.75) is 44.0 Å². The molecule has 5 nitrogen and oxygen atoms in total. The minimum atomic E-state index is -3.68. The van der Waals surface area contributed by atoms with Gasteiger partial charge in [-0.2, -0.15) is 0 Å². The summed E-state index contributed by atoms with van der Waals surface area (Å²) in [6.07, 6.45) is 3.18. The van der Waals surface area contributed by atoms with Crippen LogP contribution < -0.4 is 4.72 Å². The molecule has 1 fully saturated rings.